The average molecular weight is 741 g/mol. The van der Waals surface area contributed by atoms with E-state index in [4.69, 9.17) is 4.74 Å². The number of ether oxygens (including phenoxy) is 1. The molecule has 0 spiro atoms. The number of piperidine rings is 1. The molecule has 0 aromatic carbocycles. The van der Waals surface area contributed by atoms with E-state index < -0.39 is 23.4 Å². The van der Waals surface area contributed by atoms with Gasteiger partial charge in [0.05, 0.1) is 5.25 Å². The number of nitrogens with one attached hydrogen (secondary N) is 1. The van der Waals surface area contributed by atoms with Crippen molar-refractivity contribution < 1.29 is 22.7 Å². The first kappa shape index (κ1) is 38.9. The first-order chi connectivity index (χ1) is 24.6. The van der Waals surface area contributed by atoms with Gasteiger partial charge in [0.15, 0.2) is 11.1 Å². The third-order valence-electron chi connectivity index (χ3n) is 17.8. The zero-order valence-electron chi connectivity index (χ0n) is 33.2. The third-order valence-corrected chi connectivity index (χ3v) is 18.9. The molecule has 0 aromatic rings. The van der Waals surface area contributed by atoms with Gasteiger partial charge in [0, 0.05) is 25.0 Å². The maximum Gasteiger partial charge on any atom is 0.293 e. The molecule has 0 amide bonds. The Morgan fingerprint density at radius 1 is 0.981 bits per heavy atom. The van der Waals surface area contributed by atoms with E-state index in [1.807, 2.05) is 0 Å². The predicted octanol–water partition coefficient (Wildman–Crippen LogP) is 9.20. The van der Waals surface area contributed by atoms with Gasteiger partial charge in [0.2, 0.25) is 0 Å². The molecule has 292 valence electrons. The lowest BCUT2D eigenvalue weighted by Gasteiger charge is -2.72. The second-order valence-corrected chi connectivity index (χ2v) is 21.3. The Balaban J connectivity index is 1.11. The van der Waals surface area contributed by atoms with Crippen LogP contribution in [0.15, 0.2) is 35.5 Å². The molecule has 1 aliphatic heterocycles. The van der Waals surface area contributed by atoms with E-state index in [1.165, 1.54) is 68.1 Å². The van der Waals surface area contributed by atoms with Crippen LogP contribution in [0.1, 0.15) is 131 Å². The minimum absolute atomic E-state index is 0.0335. The lowest BCUT2D eigenvalue weighted by atomic mass is 9.33. The van der Waals surface area contributed by atoms with Crippen molar-refractivity contribution in [3.05, 3.63) is 35.5 Å². The Bertz CT molecular complexity index is 1490. The van der Waals surface area contributed by atoms with Gasteiger partial charge in [-0.25, -0.2) is 8.60 Å². The van der Waals surface area contributed by atoms with E-state index in [0.717, 1.165) is 51.9 Å². The highest BCUT2D eigenvalue weighted by molar-refractivity contribution is 7.79. The minimum Gasteiger partial charge on any atom is -0.458 e. The Hall–Kier alpha value is -1.35. The molecule has 6 aliphatic carbocycles. The van der Waals surface area contributed by atoms with Crippen molar-refractivity contribution in [3.63, 3.8) is 0 Å². The van der Waals surface area contributed by atoms with E-state index >= 15 is 0 Å². The van der Waals surface area contributed by atoms with E-state index in [0.29, 0.717) is 48.9 Å². The topological polar surface area (TPSA) is 78.9 Å². The molecule has 11 atom stereocenters. The summed E-state index contributed by atoms with van der Waals surface area (Å²) in [4.78, 5) is 13.7. The summed E-state index contributed by atoms with van der Waals surface area (Å²) < 4.78 is 40.5. The summed E-state index contributed by atoms with van der Waals surface area (Å²) in [6.45, 7) is 23.6. The summed E-state index contributed by atoms with van der Waals surface area (Å²) in [5.41, 5.74) is 4.22. The first-order valence-electron chi connectivity index (χ1n) is 20.9. The molecule has 1 saturated heterocycles. The number of nitrogens with zero attached hydrogens (tertiary/aromatic N) is 1. The average Bonchev–Trinajstić information content (AvgIpc) is 3.49. The standard InChI is InChI=1S/C44H69FN2O4S/c1-30(2)33-12-21-44(46-24-27-47-25-15-32(16-26-47)52(49)50)23-22-41(6)35(38(33)44)8-9-37-40(5)17-13-34(39(3,4)36(40)14-18-42(37,41)7)31-10-19-43(28-45,20-11-31)51-29-48/h10,13,29,32-33,35-38,46H,1,8-9,11-12,14-28H2,2-7H3,(H,49,50)/t33-,35+,36-,37+,38+,40-,41+,42+,43+,44-/m0/s1. The van der Waals surface area contributed by atoms with Crippen LogP contribution in [0.2, 0.25) is 0 Å². The first-order valence-corrected chi connectivity index (χ1v) is 22.1. The molecule has 0 bridgehead atoms. The highest BCUT2D eigenvalue weighted by Gasteiger charge is 2.70. The number of carbonyl (C=O) groups excluding carboxylic acids is 1. The number of likely N-dealkylation sites (tertiary alicyclic amines) is 1. The Kier molecular flexibility index (Phi) is 10.5. The van der Waals surface area contributed by atoms with E-state index in [2.05, 4.69) is 70.5 Å². The smallest absolute Gasteiger partial charge is 0.293 e. The molecule has 6 nitrogen and oxygen atoms in total. The van der Waals surface area contributed by atoms with Crippen molar-refractivity contribution in [2.75, 3.05) is 32.9 Å². The Labute approximate surface area is 316 Å². The summed E-state index contributed by atoms with van der Waals surface area (Å²) in [5.74, 6) is 3.17. The monoisotopic (exact) mass is 740 g/mol. The Morgan fingerprint density at radius 2 is 1.73 bits per heavy atom. The second kappa shape index (κ2) is 14.0. The second-order valence-electron chi connectivity index (χ2n) is 20.1. The number of fused-ring (bicyclic) bond motifs is 7. The van der Waals surface area contributed by atoms with Gasteiger partial charge in [-0.2, -0.15) is 0 Å². The van der Waals surface area contributed by atoms with Gasteiger partial charge in [-0.05, 0) is 166 Å². The van der Waals surface area contributed by atoms with Crippen molar-refractivity contribution in [2.45, 2.75) is 148 Å². The zero-order chi connectivity index (χ0) is 37.3. The fourth-order valence-electron chi connectivity index (χ4n) is 14.9. The number of carbonyl (C=O) groups is 1. The van der Waals surface area contributed by atoms with Crippen LogP contribution in [0.3, 0.4) is 0 Å². The number of rotatable bonds is 10. The van der Waals surface area contributed by atoms with Crippen LogP contribution in [0, 0.1) is 51.2 Å². The summed E-state index contributed by atoms with van der Waals surface area (Å²) in [7, 11) is 0. The highest BCUT2D eigenvalue weighted by atomic mass is 32.2. The maximum atomic E-state index is 14.0. The van der Waals surface area contributed by atoms with Crippen LogP contribution < -0.4 is 5.32 Å². The van der Waals surface area contributed by atoms with E-state index in [1.54, 1.807) is 0 Å². The quantitative estimate of drug-likeness (QED) is 0.132. The van der Waals surface area contributed by atoms with Crippen LogP contribution in [0.4, 0.5) is 4.39 Å². The molecule has 4 saturated carbocycles. The molecule has 0 aromatic heterocycles. The molecule has 2 N–H and O–H groups in total. The van der Waals surface area contributed by atoms with Crippen LogP contribution >= 0.6 is 0 Å². The Morgan fingerprint density at radius 3 is 2.37 bits per heavy atom. The third kappa shape index (κ3) is 6.00. The normalized spacial score (nSPS) is 45.3. The lowest BCUT2D eigenvalue weighted by Crippen LogP contribution is -2.68. The van der Waals surface area contributed by atoms with E-state index in [-0.39, 0.29) is 32.4 Å². The number of hydrogen-bond acceptors (Lipinski definition) is 5. The van der Waals surface area contributed by atoms with Gasteiger partial charge < -0.3 is 19.5 Å². The van der Waals surface area contributed by atoms with Crippen LogP contribution in [-0.4, -0.2) is 69.4 Å². The number of alkyl halides is 1. The highest BCUT2D eigenvalue weighted by Crippen LogP contribution is 2.76. The van der Waals surface area contributed by atoms with Crippen molar-refractivity contribution in [1.29, 1.82) is 0 Å². The molecule has 7 aliphatic rings. The summed E-state index contributed by atoms with van der Waals surface area (Å²) in [6.07, 6.45) is 19.5. The van der Waals surface area contributed by atoms with Crippen molar-refractivity contribution in [1.82, 2.24) is 10.2 Å². The van der Waals surface area contributed by atoms with Crippen molar-refractivity contribution in [2.24, 2.45) is 51.2 Å². The largest absolute Gasteiger partial charge is 0.458 e. The number of hydrogen-bond donors (Lipinski definition) is 2. The van der Waals surface area contributed by atoms with Crippen LogP contribution in [-0.2, 0) is 20.6 Å². The summed E-state index contributed by atoms with van der Waals surface area (Å²) in [6, 6.07) is 0. The van der Waals surface area contributed by atoms with Gasteiger partial charge in [-0.3, -0.25) is 4.79 Å². The van der Waals surface area contributed by atoms with Crippen molar-refractivity contribution >= 4 is 17.6 Å². The summed E-state index contributed by atoms with van der Waals surface area (Å²) in [5, 5.41) is 4.20. The molecule has 5 fully saturated rings. The van der Waals surface area contributed by atoms with E-state index in [9.17, 15) is 17.9 Å². The molecule has 0 radical (unpaired) electrons. The summed E-state index contributed by atoms with van der Waals surface area (Å²) >= 11 is -1.70. The van der Waals surface area contributed by atoms with Gasteiger partial charge >= 0.3 is 0 Å². The SMILES string of the molecule is C=C(C)[C@@H]1CC[C@]2(NCCN3CCC(S(=O)O)CC3)CC[C@]3(C)[C@H](CC[C@@H]4[C@@]5(C)CC=C(C6=CC[C@@](CF)(OC=O)CC6)C(C)(C)[C@@H]5CC[C@]43C)[C@@H]12. The van der Waals surface area contributed by atoms with Gasteiger partial charge in [-0.15, -0.1) is 0 Å². The van der Waals surface area contributed by atoms with Gasteiger partial charge in [-0.1, -0.05) is 58.9 Å². The lowest BCUT2D eigenvalue weighted by molar-refractivity contribution is -0.221. The zero-order valence-corrected chi connectivity index (χ0v) is 34.1. The number of allylic oxidation sites excluding steroid dienone is 4. The molecule has 8 heteroatoms. The maximum absolute atomic E-state index is 14.0. The molecular weight excluding hydrogens is 672 g/mol. The van der Waals surface area contributed by atoms with Crippen molar-refractivity contribution in [3.8, 4) is 0 Å². The fraction of sp³-hybridized carbons (Fsp3) is 0.841. The molecule has 52 heavy (non-hydrogen) atoms. The van der Waals surface area contributed by atoms with Gasteiger partial charge in [0.1, 0.15) is 12.3 Å². The minimum atomic E-state index is -1.70. The number of halogens is 1. The molecule has 1 heterocycles. The molecular formula is C44H69FN2O4S. The van der Waals surface area contributed by atoms with Crippen LogP contribution in [0.25, 0.3) is 0 Å². The fourth-order valence-corrected chi connectivity index (χ4v) is 15.5. The predicted molar refractivity (Wildman–Crippen MR) is 209 cm³/mol. The molecule has 7 rings (SSSR count). The van der Waals surface area contributed by atoms with Crippen LogP contribution in [0.5, 0.6) is 0 Å². The molecule has 1 unspecified atom stereocenters. The van der Waals surface area contributed by atoms with Gasteiger partial charge in [0.25, 0.3) is 6.47 Å².